The number of carbonyl (C=O) groups excluding carboxylic acids is 1. The number of amides is 1. The van der Waals surface area contributed by atoms with Crippen LogP contribution in [0, 0.1) is 12.7 Å². The fourth-order valence-electron chi connectivity index (χ4n) is 2.47. The number of rotatable bonds is 7. The molecule has 0 saturated heterocycles. The average Bonchev–Trinajstić information content (AvgIpc) is 3.25. The molecule has 0 atom stereocenters. The Balaban J connectivity index is 1.66. The molecule has 0 spiro atoms. The van der Waals surface area contributed by atoms with Gasteiger partial charge in [-0.25, -0.2) is 4.39 Å². The number of aryl methyl sites for hydroxylation is 2. The molecule has 25 heavy (non-hydrogen) atoms. The van der Waals surface area contributed by atoms with Gasteiger partial charge < -0.3 is 13.8 Å². The predicted molar refractivity (Wildman–Crippen MR) is 88.3 cm³/mol. The summed E-state index contributed by atoms with van der Waals surface area (Å²) in [6.45, 7) is 2.04. The van der Waals surface area contributed by atoms with Crippen LogP contribution in [-0.2, 0) is 17.8 Å². The van der Waals surface area contributed by atoms with Crippen molar-refractivity contribution in [3.63, 3.8) is 0 Å². The van der Waals surface area contributed by atoms with Gasteiger partial charge in [-0.2, -0.15) is 4.98 Å². The maximum atomic E-state index is 13.2. The molecule has 3 rings (SSSR count). The smallest absolute Gasteiger partial charge is 0.227 e. The zero-order chi connectivity index (χ0) is 17.6. The third kappa shape index (κ3) is 4.53. The van der Waals surface area contributed by atoms with E-state index in [1.54, 1.807) is 42.4 Å². The van der Waals surface area contributed by atoms with Crippen LogP contribution in [0.15, 0.2) is 51.6 Å². The molecule has 0 unspecified atom stereocenters. The molecule has 0 aliphatic carbocycles. The van der Waals surface area contributed by atoms with Crippen LogP contribution in [-0.4, -0.2) is 16.0 Å². The molecule has 6 nitrogen and oxygen atoms in total. The Bertz CT molecular complexity index is 812. The van der Waals surface area contributed by atoms with Gasteiger partial charge in [-0.05, 0) is 49.7 Å². The summed E-state index contributed by atoms with van der Waals surface area (Å²) in [6, 6.07) is 9.39. The van der Waals surface area contributed by atoms with Crippen LogP contribution in [0.25, 0.3) is 0 Å². The van der Waals surface area contributed by atoms with E-state index in [1.807, 2.05) is 0 Å². The van der Waals surface area contributed by atoms with Crippen molar-refractivity contribution < 1.29 is 18.1 Å². The number of halogens is 1. The summed E-state index contributed by atoms with van der Waals surface area (Å²) in [5, 5.41) is 3.73. The highest BCUT2D eigenvalue weighted by molar-refractivity contribution is 5.93. The van der Waals surface area contributed by atoms with Crippen molar-refractivity contribution in [2.24, 2.45) is 0 Å². The molecular weight excluding hydrogens is 325 g/mol. The van der Waals surface area contributed by atoms with Gasteiger partial charge in [0.1, 0.15) is 11.6 Å². The zero-order valence-corrected chi connectivity index (χ0v) is 13.8. The van der Waals surface area contributed by atoms with E-state index in [0.29, 0.717) is 42.4 Å². The Morgan fingerprint density at radius 2 is 2.04 bits per heavy atom. The number of nitrogens with zero attached hydrogens (tertiary/aromatic N) is 3. The van der Waals surface area contributed by atoms with Crippen LogP contribution >= 0.6 is 0 Å². The average molecular weight is 343 g/mol. The number of carbonyl (C=O) groups is 1. The molecule has 130 valence electrons. The third-order valence-electron chi connectivity index (χ3n) is 3.68. The van der Waals surface area contributed by atoms with Crippen LogP contribution < -0.4 is 4.90 Å². The first-order valence-corrected chi connectivity index (χ1v) is 7.99. The quantitative estimate of drug-likeness (QED) is 0.654. The van der Waals surface area contributed by atoms with Crippen LogP contribution in [0.2, 0.25) is 0 Å². The molecule has 3 aromatic rings. The Hall–Kier alpha value is -2.96. The van der Waals surface area contributed by atoms with Crippen molar-refractivity contribution in [3.8, 4) is 0 Å². The molecule has 0 aliphatic rings. The molecule has 1 aromatic carbocycles. The van der Waals surface area contributed by atoms with Gasteiger partial charge in [0.05, 0.1) is 12.8 Å². The summed E-state index contributed by atoms with van der Waals surface area (Å²) in [4.78, 5) is 18.4. The predicted octanol–water partition coefficient (Wildman–Crippen LogP) is 3.67. The second-order valence-electron chi connectivity index (χ2n) is 5.62. The van der Waals surface area contributed by atoms with E-state index in [0.717, 1.165) is 0 Å². The lowest BCUT2D eigenvalue weighted by atomic mass is 10.2. The molecule has 7 heteroatoms. The fraction of sp³-hybridized carbons (Fsp3) is 0.278. The molecule has 0 N–H and O–H groups in total. The SMILES string of the molecule is Cc1noc(CCCC(=O)N(Cc2ccco2)c2ccc(F)cc2)n1. The maximum absolute atomic E-state index is 13.2. The largest absolute Gasteiger partial charge is 0.467 e. The fourth-order valence-corrected chi connectivity index (χ4v) is 2.47. The monoisotopic (exact) mass is 343 g/mol. The Labute approximate surface area is 144 Å². The number of anilines is 1. The van der Waals surface area contributed by atoms with Gasteiger partial charge in [0, 0.05) is 18.5 Å². The van der Waals surface area contributed by atoms with Crippen LogP contribution in [0.5, 0.6) is 0 Å². The van der Waals surface area contributed by atoms with Crippen LogP contribution in [0.1, 0.15) is 30.3 Å². The number of furan rings is 1. The van der Waals surface area contributed by atoms with Gasteiger partial charge in [-0.15, -0.1) is 0 Å². The second kappa shape index (κ2) is 7.74. The van der Waals surface area contributed by atoms with Crippen molar-refractivity contribution in [1.29, 1.82) is 0 Å². The van der Waals surface area contributed by atoms with E-state index < -0.39 is 0 Å². The van der Waals surface area contributed by atoms with Gasteiger partial charge in [0.2, 0.25) is 11.8 Å². The Kier molecular flexibility index (Phi) is 5.23. The molecule has 2 heterocycles. The minimum atomic E-state index is -0.346. The van der Waals surface area contributed by atoms with Crippen molar-refractivity contribution >= 4 is 11.6 Å². The lowest BCUT2D eigenvalue weighted by molar-refractivity contribution is -0.118. The van der Waals surface area contributed by atoms with Gasteiger partial charge in [0.15, 0.2) is 5.82 Å². The molecule has 0 radical (unpaired) electrons. The molecule has 0 aliphatic heterocycles. The molecular formula is C18H18FN3O3. The van der Waals surface area contributed by atoms with Crippen molar-refractivity contribution in [2.75, 3.05) is 4.90 Å². The van der Waals surface area contributed by atoms with Crippen molar-refractivity contribution in [3.05, 3.63) is 66.0 Å². The van der Waals surface area contributed by atoms with Crippen molar-refractivity contribution in [2.45, 2.75) is 32.7 Å². The highest BCUT2D eigenvalue weighted by Gasteiger charge is 2.18. The summed E-state index contributed by atoms with van der Waals surface area (Å²) in [5.41, 5.74) is 0.622. The van der Waals surface area contributed by atoms with E-state index in [2.05, 4.69) is 10.1 Å². The summed E-state index contributed by atoms with van der Waals surface area (Å²) >= 11 is 0. The van der Waals surface area contributed by atoms with E-state index in [4.69, 9.17) is 8.94 Å². The van der Waals surface area contributed by atoms with Gasteiger partial charge in [-0.1, -0.05) is 5.16 Å². The number of hydrogen-bond donors (Lipinski definition) is 0. The normalized spacial score (nSPS) is 10.8. The lowest BCUT2D eigenvalue weighted by Gasteiger charge is -2.22. The number of hydrogen-bond acceptors (Lipinski definition) is 5. The molecule has 0 saturated carbocycles. The van der Waals surface area contributed by atoms with E-state index in [9.17, 15) is 9.18 Å². The standard InChI is InChI=1S/C18H18FN3O3/c1-13-20-17(25-21-13)5-2-6-18(23)22(12-16-4-3-11-24-16)15-9-7-14(19)8-10-15/h3-4,7-11H,2,5-6,12H2,1H3. The second-order valence-corrected chi connectivity index (χ2v) is 5.62. The van der Waals surface area contributed by atoms with E-state index in [1.165, 1.54) is 12.1 Å². The first-order valence-electron chi connectivity index (χ1n) is 7.99. The highest BCUT2D eigenvalue weighted by Crippen LogP contribution is 2.20. The molecule has 0 bridgehead atoms. The third-order valence-corrected chi connectivity index (χ3v) is 3.68. The highest BCUT2D eigenvalue weighted by atomic mass is 19.1. The van der Waals surface area contributed by atoms with E-state index in [-0.39, 0.29) is 18.3 Å². The molecule has 0 fully saturated rings. The zero-order valence-electron chi connectivity index (χ0n) is 13.8. The van der Waals surface area contributed by atoms with Gasteiger partial charge >= 0.3 is 0 Å². The topological polar surface area (TPSA) is 72.4 Å². The maximum Gasteiger partial charge on any atom is 0.227 e. The lowest BCUT2D eigenvalue weighted by Crippen LogP contribution is -2.30. The number of benzene rings is 1. The van der Waals surface area contributed by atoms with Crippen LogP contribution in [0.3, 0.4) is 0 Å². The van der Waals surface area contributed by atoms with Crippen molar-refractivity contribution in [1.82, 2.24) is 10.1 Å². The Morgan fingerprint density at radius 3 is 2.68 bits per heavy atom. The van der Waals surface area contributed by atoms with Crippen LogP contribution in [0.4, 0.5) is 10.1 Å². The van der Waals surface area contributed by atoms with Gasteiger partial charge in [0.25, 0.3) is 0 Å². The Morgan fingerprint density at radius 1 is 1.24 bits per heavy atom. The first kappa shape index (κ1) is 16.9. The summed E-state index contributed by atoms with van der Waals surface area (Å²) in [7, 11) is 0. The summed E-state index contributed by atoms with van der Waals surface area (Å²) in [6.07, 6.45) is 2.97. The molecule has 1 amide bonds. The minimum absolute atomic E-state index is 0.0840. The summed E-state index contributed by atoms with van der Waals surface area (Å²) < 4.78 is 23.6. The van der Waals surface area contributed by atoms with Gasteiger partial charge in [-0.3, -0.25) is 4.79 Å². The molecule has 2 aromatic heterocycles. The van der Waals surface area contributed by atoms with E-state index >= 15 is 0 Å². The summed E-state index contributed by atoms with van der Waals surface area (Å²) in [5.74, 6) is 1.32. The number of aromatic nitrogens is 2. The first-order chi connectivity index (χ1) is 12.1. The minimum Gasteiger partial charge on any atom is -0.467 e.